The van der Waals surface area contributed by atoms with Crippen LogP contribution in [0.25, 0.3) is 0 Å². The minimum atomic E-state index is -2.33. The number of carbonyl (C=O) groups is 1. The first-order valence-electron chi connectivity index (χ1n) is 0.612. The summed E-state index contributed by atoms with van der Waals surface area (Å²) in [6.45, 7) is 0. The van der Waals surface area contributed by atoms with Crippen molar-refractivity contribution in [3.63, 3.8) is 0 Å². The second kappa shape index (κ2) is 46.9. The van der Waals surface area contributed by atoms with Gasteiger partial charge in [-0.1, -0.05) is 0 Å². The maximum Gasteiger partial charge on any atom is 2.00 e. The molecule has 0 fully saturated rings. The molecule has 0 aliphatic carbocycles. The smallest absolute Gasteiger partial charge is 0.652 e. The Kier molecular flexibility index (Phi) is 365. The van der Waals surface area contributed by atoms with Gasteiger partial charge in [0.05, 0.1) is 0 Å². The summed E-state index contributed by atoms with van der Waals surface area (Å²) in [4.78, 5) is 8.33. The second-order valence-electron chi connectivity index (χ2n) is 0.250. The van der Waals surface area contributed by atoms with Crippen LogP contribution in [0.15, 0.2) is 0 Å². The molecule has 0 aliphatic rings. The third-order valence-corrected chi connectivity index (χ3v) is 0. The van der Waals surface area contributed by atoms with Crippen molar-refractivity contribution < 1.29 is 56.4 Å². The first-order valence-corrected chi connectivity index (χ1v) is 0.612. The molecule has 0 aromatic heterocycles. The van der Waals surface area contributed by atoms with Crippen molar-refractivity contribution in [3.8, 4) is 0 Å². The summed E-state index contributed by atoms with van der Waals surface area (Å²) in [6, 6.07) is 0. The zero-order chi connectivity index (χ0) is 3.58. The first kappa shape index (κ1) is 69.9. The topological polar surface area (TPSA) is 189 Å². The van der Waals surface area contributed by atoms with Gasteiger partial charge < -0.3 is 36.9 Å². The largest absolute Gasteiger partial charge is 2.00 e. The molecule has 0 amide bonds. The Balaban J connectivity index is -0.00000000450. The number of hydrogen-bond acceptors (Lipinski definition) is 3. The third kappa shape index (κ3) is 3580. The van der Waals surface area contributed by atoms with E-state index < -0.39 is 6.16 Å². The van der Waals surface area contributed by atoms with E-state index in [1.54, 1.807) is 0 Å². The Morgan fingerprint density at radius 3 is 0.889 bits per heavy atom. The van der Waals surface area contributed by atoms with E-state index in [-0.39, 0.29) is 41.4 Å². The van der Waals surface area contributed by atoms with Gasteiger partial charge in [-0.2, -0.15) is 0 Å². The molecule has 56 valence electrons. The number of rotatable bonds is 0. The Labute approximate surface area is 63.3 Å². The van der Waals surface area contributed by atoms with Gasteiger partial charge >= 0.3 is 19.5 Å². The maximum absolute atomic E-state index is 8.33. The van der Waals surface area contributed by atoms with Crippen LogP contribution < -0.4 is 10.2 Å². The van der Waals surface area contributed by atoms with E-state index in [0.717, 1.165) is 0 Å². The van der Waals surface area contributed by atoms with Crippen LogP contribution in [0, 0.1) is 0 Å². The molecular weight excluding hydrogens is 189 g/mol. The van der Waals surface area contributed by atoms with Crippen LogP contribution in [0.5, 0.6) is 0 Å². The van der Waals surface area contributed by atoms with Gasteiger partial charge in [-0.15, -0.1) is 0 Å². The van der Waals surface area contributed by atoms with E-state index in [1.165, 1.54) is 0 Å². The summed E-state index contributed by atoms with van der Waals surface area (Å²) >= 11 is 0. The second-order valence-corrected chi connectivity index (χ2v) is 0.250. The molecular formula is CH8O7Zn. The molecule has 0 saturated carbocycles. The summed E-state index contributed by atoms with van der Waals surface area (Å²) < 4.78 is 0. The molecule has 0 atom stereocenters. The monoisotopic (exact) mass is 196 g/mol. The standard InChI is InChI=1S/CH2O3.4H2O.Zn/c2-1(3)4;;;;;/h(H2,2,3,4);4*1H2;/q;;;;;+2/p-2. The molecule has 0 aromatic carbocycles. The quantitative estimate of drug-likeness (QED) is 0.350. The van der Waals surface area contributed by atoms with Crippen molar-refractivity contribution in [3.05, 3.63) is 0 Å². The SMILES string of the molecule is O.O.O.O.O=C([O-])[O-].[Zn+2]. The predicted molar refractivity (Wildman–Crippen MR) is 19.9 cm³/mol. The maximum atomic E-state index is 8.33. The average molecular weight is 197 g/mol. The van der Waals surface area contributed by atoms with Crippen molar-refractivity contribution in [2.24, 2.45) is 0 Å². The predicted octanol–water partition coefficient (Wildman–Crippen LogP) is -5.75. The normalized spacial score (nSPS) is 2.67. The van der Waals surface area contributed by atoms with E-state index in [0.29, 0.717) is 0 Å². The first-order chi connectivity index (χ1) is 1.73. The van der Waals surface area contributed by atoms with Gasteiger partial charge in [-0.05, 0) is 6.16 Å². The van der Waals surface area contributed by atoms with Crippen LogP contribution in [-0.4, -0.2) is 28.1 Å². The van der Waals surface area contributed by atoms with E-state index in [1.807, 2.05) is 0 Å². The van der Waals surface area contributed by atoms with Crippen LogP contribution in [0.1, 0.15) is 0 Å². The van der Waals surface area contributed by atoms with E-state index in [2.05, 4.69) is 0 Å². The van der Waals surface area contributed by atoms with E-state index in [9.17, 15) is 0 Å². The summed E-state index contributed by atoms with van der Waals surface area (Å²) in [5.74, 6) is 0. The minimum Gasteiger partial charge on any atom is -0.652 e. The zero-order valence-electron chi connectivity index (χ0n) is 4.43. The van der Waals surface area contributed by atoms with Gasteiger partial charge in [-0.25, -0.2) is 0 Å². The van der Waals surface area contributed by atoms with Gasteiger partial charge in [-0.3, -0.25) is 0 Å². The summed E-state index contributed by atoms with van der Waals surface area (Å²) in [5, 5.41) is 16.7. The molecule has 0 spiro atoms. The van der Waals surface area contributed by atoms with Crippen molar-refractivity contribution >= 4 is 6.16 Å². The van der Waals surface area contributed by atoms with Crippen LogP contribution >= 0.6 is 0 Å². The zero-order valence-corrected chi connectivity index (χ0v) is 7.40. The van der Waals surface area contributed by atoms with Crippen molar-refractivity contribution in [2.75, 3.05) is 0 Å². The fraction of sp³-hybridized carbons (Fsp3) is 0. The summed E-state index contributed by atoms with van der Waals surface area (Å²) in [5.41, 5.74) is 0. The number of carbonyl (C=O) groups excluding carboxylic acids is 1. The summed E-state index contributed by atoms with van der Waals surface area (Å²) in [6.07, 6.45) is -2.33. The Hall–Kier alpha value is -0.267. The molecule has 8 heteroatoms. The molecule has 8 N–H and O–H groups in total. The molecule has 7 nitrogen and oxygen atoms in total. The fourth-order valence-corrected chi connectivity index (χ4v) is 0. The molecule has 0 saturated heterocycles. The van der Waals surface area contributed by atoms with Gasteiger partial charge in [0.2, 0.25) is 0 Å². The molecule has 0 rings (SSSR count). The molecule has 0 aromatic rings. The van der Waals surface area contributed by atoms with Gasteiger partial charge in [0, 0.05) is 0 Å². The van der Waals surface area contributed by atoms with E-state index >= 15 is 0 Å². The van der Waals surface area contributed by atoms with E-state index in [4.69, 9.17) is 15.0 Å². The van der Waals surface area contributed by atoms with Gasteiger partial charge in [0.1, 0.15) is 0 Å². The number of hydrogen-bond donors (Lipinski definition) is 0. The van der Waals surface area contributed by atoms with Crippen molar-refractivity contribution in [1.82, 2.24) is 0 Å². The number of carboxylic acid groups (broad SMARTS) is 2. The fourth-order valence-electron chi connectivity index (χ4n) is 0. The molecule has 0 radical (unpaired) electrons. The van der Waals surface area contributed by atoms with Crippen LogP contribution in [-0.2, 0) is 19.5 Å². The molecule has 0 aliphatic heterocycles. The molecule has 0 heterocycles. The van der Waals surface area contributed by atoms with Gasteiger partial charge in [0.25, 0.3) is 0 Å². The van der Waals surface area contributed by atoms with Crippen LogP contribution in [0.3, 0.4) is 0 Å². The van der Waals surface area contributed by atoms with Crippen LogP contribution in [0.2, 0.25) is 0 Å². The average Bonchev–Trinajstić information content (AvgIpc) is 0.811. The summed E-state index contributed by atoms with van der Waals surface area (Å²) in [7, 11) is 0. The van der Waals surface area contributed by atoms with Crippen LogP contribution in [0.4, 0.5) is 4.79 Å². The molecule has 0 unspecified atom stereocenters. The van der Waals surface area contributed by atoms with Crippen molar-refractivity contribution in [1.29, 1.82) is 0 Å². The Morgan fingerprint density at radius 1 is 0.889 bits per heavy atom. The Bertz CT molecular complexity index is 31.9. The molecule has 9 heavy (non-hydrogen) atoms. The minimum absolute atomic E-state index is 0. The Morgan fingerprint density at radius 2 is 0.889 bits per heavy atom. The van der Waals surface area contributed by atoms with Crippen molar-refractivity contribution in [2.45, 2.75) is 0 Å². The molecule has 0 bridgehead atoms. The van der Waals surface area contributed by atoms with Gasteiger partial charge in [0.15, 0.2) is 0 Å². The third-order valence-electron chi connectivity index (χ3n) is 0.